The minimum Gasteiger partial charge on any atom is -0.310 e. The molecule has 1 amide bonds. The number of amides is 1. The van der Waals surface area contributed by atoms with Gasteiger partial charge in [-0.25, -0.2) is 0 Å². The van der Waals surface area contributed by atoms with Crippen LogP contribution in [0.1, 0.15) is 27.8 Å². The lowest BCUT2D eigenvalue weighted by molar-refractivity contribution is -0.113. The molecule has 0 fully saturated rings. The second kappa shape index (κ2) is 4.66. The van der Waals surface area contributed by atoms with Crippen LogP contribution in [-0.4, -0.2) is 31.2 Å². The minimum atomic E-state index is 0.0153. The normalized spacial score (nSPS) is 18.6. The standard InChI is InChI=1S/C13H17N5OS/c1-7-11(8(2)17(3)16-7)12-9-5-14-18(4)13(9)15-10(19)6-20-12/h5,12H,6H2,1-4H3,(H,15,19). The van der Waals surface area contributed by atoms with Crippen LogP contribution in [0.2, 0.25) is 0 Å². The molecule has 6 nitrogen and oxygen atoms in total. The summed E-state index contributed by atoms with van der Waals surface area (Å²) in [5, 5.41) is 11.8. The van der Waals surface area contributed by atoms with Crippen molar-refractivity contribution in [3.63, 3.8) is 0 Å². The molecule has 1 aliphatic heterocycles. The van der Waals surface area contributed by atoms with Crippen LogP contribution in [0.5, 0.6) is 0 Å². The summed E-state index contributed by atoms with van der Waals surface area (Å²) in [7, 11) is 3.79. The van der Waals surface area contributed by atoms with Gasteiger partial charge in [-0.05, 0) is 13.8 Å². The number of hydrogen-bond acceptors (Lipinski definition) is 4. The molecule has 1 aliphatic rings. The van der Waals surface area contributed by atoms with E-state index in [9.17, 15) is 4.79 Å². The van der Waals surface area contributed by atoms with Gasteiger partial charge in [0, 0.05) is 30.9 Å². The van der Waals surface area contributed by atoms with Gasteiger partial charge in [0.05, 0.1) is 22.9 Å². The van der Waals surface area contributed by atoms with Crippen molar-refractivity contribution in [1.82, 2.24) is 19.6 Å². The maximum absolute atomic E-state index is 11.9. The van der Waals surface area contributed by atoms with Gasteiger partial charge in [0.15, 0.2) is 0 Å². The molecule has 1 atom stereocenters. The number of nitrogens with zero attached hydrogens (tertiary/aromatic N) is 4. The summed E-state index contributed by atoms with van der Waals surface area (Å²) >= 11 is 1.62. The lowest BCUT2D eigenvalue weighted by Gasteiger charge is -2.14. The number of rotatable bonds is 1. The molecule has 0 saturated heterocycles. The van der Waals surface area contributed by atoms with Crippen LogP contribution in [0.4, 0.5) is 5.82 Å². The van der Waals surface area contributed by atoms with Crippen molar-refractivity contribution < 1.29 is 4.79 Å². The van der Waals surface area contributed by atoms with E-state index in [4.69, 9.17) is 0 Å². The molecule has 2 aromatic heterocycles. The van der Waals surface area contributed by atoms with E-state index >= 15 is 0 Å². The Morgan fingerprint density at radius 3 is 2.75 bits per heavy atom. The van der Waals surface area contributed by atoms with Gasteiger partial charge >= 0.3 is 0 Å². The number of fused-ring (bicyclic) bond motifs is 1. The number of thioether (sulfide) groups is 1. The zero-order valence-electron chi connectivity index (χ0n) is 12.0. The van der Waals surface area contributed by atoms with Gasteiger partial charge in [-0.1, -0.05) is 0 Å². The van der Waals surface area contributed by atoms with Gasteiger partial charge in [0.2, 0.25) is 5.91 Å². The van der Waals surface area contributed by atoms with Gasteiger partial charge in [0.1, 0.15) is 5.82 Å². The number of nitrogens with one attached hydrogen (secondary N) is 1. The molecule has 0 spiro atoms. The SMILES string of the molecule is Cc1nn(C)c(C)c1C1SCC(=O)Nc2c1cnn2C. The molecule has 106 valence electrons. The van der Waals surface area contributed by atoms with Crippen molar-refractivity contribution in [3.8, 4) is 0 Å². The molecular weight excluding hydrogens is 274 g/mol. The van der Waals surface area contributed by atoms with Crippen molar-refractivity contribution in [2.45, 2.75) is 19.1 Å². The number of aryl methyl sites for hydroxylation is 3. The summed E-state index contributed by atoms with van der Waals surface area (Å²) in [6.07, 6.45) is 1.84. The van der Waals surface area contributed by atoms with E-state index in [1.165, 1.54) is 5.56 Å². The second-order valence-electron chi connectivity index (χ2n) is 5.02. The summed E-state index contributed by atoms with van der Waals surface area (Å²) in [4.78, 5) is 11.9. The minimum absolute atomic E-state index is 0.0153. The number of hydrogen-bond donors (Lipinski definition) is 1. The van der Waals surface area contributed by atoms with E-state index in [2.05, 4.69) is 22.4 Å². The van der Waals surface area contributed by atoms with Crippen LogP contribution in [-0.2, 0) is 18.9 Å². The van der Waals surface area contributed by atoms with E-state index in [-0.39, 0.29) is 11.2 Å². The summed E-state index contributed by atoms with van der Waals surface area (Å²) in [5.41, 5.74) is 4.36. The quantitative estimate of drug-likeness (QED) is 0.865. The van der Waals surface area contributed by atoms with E-state index < -0.39 is 0 Å². The predicted molar refractivity (Wildman–Crippen MR) is 78.8 cm³/mol. The highest BCUT2D eigenvalue weighted by Gasteiger charge is 2.30. The Bertz CT molecular complexity index is 687. The lowest BCUT2D eigenvalue weighted by atomic mass is 10.0. The van der Waals surface area contributed by atoms with Gasteiger partial charge in [0.25, 0.3) is 0 Å². The van der Waals surface area contributed by atoms with E-state index in [0.717, 1.165) is 22.8 Å². The Kier molecular flexibility index (Phi) is 3.08. The Morgan fingerprint density at radius 1 is 1.35 bits per heavy atom. The number of anilines is 1. The highest BCUT2D eigenvalue weighted by molar-refractivity contribution is 8.00. The number of aromatic nitrogens is 4. The summed E-state index contributed by atoms with van der Waals surface area (Å²) in [6, 6.07) is 0. The first-order chi connectivity index (χ1) is 9.49. The monoisotopic (exact) mass is 291 g/mol. The first-order valence-electron chi connectivity index (χ1n) is 6.42. The molecule has 3 heterocycles. The third-order valence-electron chi connectivity index (χ3n) is 3.72. The maximum atomic E-state index is 11.9. The molecule has 0 aromatic carbocycles. The second-order valence-corrected chi connectivity index (χ2v) is 6.11. The van der Waals surface area contributed by atoms with Crippen LogP contribution in [0.25, 0.3) is 0 Å². The molecule has 20 heavy (non-hydrogen) atoms. The average Bonchev–Trinajstić information content (AvgIpc) is 2.79. The first kappa shape index (κ1) is 13.2. The van der Waals surface area contributed by atoms with Crippen LogP contribution in [0.15, 0.2) is 6.20 Å². The Morgan fingerprint density at radius 2 is 2.10 bits per heavy atom. The number of carbonyl (C=O) groups excluding carboxylic acids is 1. The van der Waals surface area contributed by atoms with E-state index in [1.54, 1.807) is 16.4 Å². The highest BCUT2D eigenvalue weighted by atomic mass is 32.2. The third-order valence-corrected chi connectivity index (χ3v) is 4.97. The predicted octanol–water partition coefficient (Wildman–Crippen LogP) is 1.55. The summed E-state index contributed by atoms with van der Waals surface area (Å²) < 4.78 is 3.61. The molecule has 0 saturated carbocycles. The van der Waals surface area contributed by atoms with Crippen LogP contribution in [0, 0.1) is 13.8 Å². The molecule has 1 unspecified atom stereocenters. The van der Waals surface area contributed by atoms with Gasteiger partial charge < -0.3 is 5.32 Å². The fourth-order valence-electron chi connectivity index (χ4n) is 2.62. The number of carbonyl (C=O) groups is 1. The molecule has 3 rings (SSSR count). The molecule has 0 radical (unpaired) electrons. The molecule has 7 heteroatoms. The lowest BCUT2D eigenvalue weighted by Crippen LogP contribution is -2.15. The van der Waals surface area contributed by atoms with Crippen molar-refractivity contribution in [2.75, 3.05) is 11.1 Å². The molecule has 0 aliphatic carbocycles. The fourth-order valence-corrected chi connectivity index (χ4v) is 3.87. The van der Waals surface area contributed by atoms with E-state index in [1.807, 2.05) is 31.9 Å². The van der Waals surface area contributed by atoms with Crippen molar-refractivity contribution in [1.29, 1.82) is 0 Å². The summed E-state index contributed by atoms with van der Waals surface area (Å²) in [5.74, 6) is 1.24. The Balaban J connectivity index is 2.16. The Hall–Kier alpha value is -1.76. The zero-order chi connectivity index (χ0) is 14.4. The zero-order valence-corrected chi connectivity index (χ0v) is 12.8. The molecule has 0 bridgehead atoms. The molecule has 2 aromatic rings. The Labute approximate surface area is 121 Å². The van der Waals surface area contributed by atoms with Crippen molar-refractivity contribution >= 4 is 23.5 Å². The third kappa shape index (κ3) is 1.93. The first-order valence-corrected chi connectivity index (χ1v) is 7.47. The van der Waals surface area contributed by atoms with Crippen LogP contribution >= 0.6 is 11.8 Å². The largest absolute Gasteiger partial charge is 0.310 e. The van der Waals surface area contributed by atoms with Gasteiger partial charge in [-0.2, -0.15) is 10.2 Å². The highest BCUT2D eigenvalue weighted by Crippen LogP contribution is 2.43. The smallest absolute Gasteiger partial charge is 0.235 e. The average molecular weight is 291 g/mol. The van der Waals surface area contributed by atoms with Gasteiger partial charge in [-0.3, -0.25) is 14.2 Å². The maximum Gasteiger partial charge on any atom is 0.235 e. The molecular formula is C13H17N5OS. The van der Waals surface area contributed by atoms with Crippen LogP contribution < -0.4 is 5.32 Å². The van der Waals surface area contributed by atoms with Crippen molar-refractivity contribution in [3.05, 3.63) is 28.7 Å². The topological polar surface area (TPSA) is 64.7 Å². The van der Waals surface area contributed by atoms with Crippen molar-refractivity contribution in [2.24, 2.45) is 14.1 Å². The summed E-state index contributed by atoms with van der Waals surface area (Å²) in [6.45, 7) is 4.07. The fraction of sp³-hybridized carbons (Fsp3) is 0.462. The van der Waals surface area contributed by atoms with Crippen LogP contribution in [0.3, 0.4) is 0 Å². The van der Waals surface area contributed by atoms with Gasteiger partial charge in [-0.15, -0.1) is 11.8 Å². The molecule has 1 N–H and O–H groups in total. The van der Waals surface area contributed by atoms with E-state index in [0.29, 0.717) is 5.75 Å².